The molecule has 154 valence electrons. The van der Waals surface area contributed by atoms with Gasteiger partial charge in [0.05, 0.1) is 28.0 Å². The largest absolute Gasteiger partial charge is 0.333 e. The smallest absolute Gasteiger partial charge is 0.262 e. The van der Waals surface area contributed by atoms with Crippen LogP contribution in [0.25, 0.3) is 20.4 Å². The zero-order valence-corrected chi connectivity index (χ0v) is 18.6. The molecule has 4 aromatic rings. The van der Waals surface area contributed by atoms with E-state index in [1.54, 1.807) is 33.6 Å². The Morgan fingerprint density at radius 3 is 2.90 bits per heavy atom. The van der Waals surface area contributed by atoms with E-state index in [2.05, 4.69) is 11.1 Å². The summed E-state index contributed by atoms with van der Waals surface area (Å²) < 4.78 is 2.72. The molecule has 0 bridgehead atoms. The highest BCUT2D eigenvalue weighted by atomic mass is 32.1. The molecule has 30 heavy (non-hydrogen) atoms. The van der Waals surface area contributed by atoms with Crippen molar-refractivity contribution in [2.24, 2.45) is 0 Å². The van der Waals surface area contributed by atoms with E-state index in [0.29, 0.717) is 11.9 Å². The van der Waals surface area contributed by atoms with E-state index in [4.69, 9.17) is 4.98 Å². The molecule has 0 saturated carbocycles. The third-order valence-corrected chi connectivity index (χ3v) is 8.14. The van der Waals surface area contributed by atoms with Crippen molar-refractivity contribution in [3.63, 3.8) is 0 Å². The van der Waals surface area contributed by atoms with Crippen LogP contribution in [0.2, 0.25) is 0 Å². The minimum Gasteiger partial charge on any atom is -0.333 e. The number of aromatic nitrogens is 3. The molecule has 4 heterocycles. The van der Waals surface area contributed by atoms with Crippen molar-refractivity contribution in [3.8, 4) is 0 Å². The molecular weight excluding hydrogens is 416 g/mol. The standard InChI is InChI=1S/C22H22N4O2S2/c1-13-14(2)29-21-19(13)22(28)25(12-23-21)11-9-18(27)26-10-5-7-16(26)20-24-15-6-3-4-8-17(15)30-20/h3-4,6,8,12,16H,5,7,9-11H2,1-2H3. The maximum atomic E-state index is 13.0. The van der Waals surface area contributed by atoms with Gasteiger partial charge < -0.3 is 4.90 Å². The molecule has 1 fully saturated rings. The number of thiophene rings is 1. The molecule has 1 aliphatic heterocycles. The molecule has 1 aliphatic rings. The Bertz CT molecular complexity index is 1290. The topological polar surface area (TPSA) is 68.1 Å². The number of para-hydroxylation sites is 1. The number of amides is 1. The molecule has 1 atom stereocenters. The highest BCUT2D eigenvalue weighted by Gasteiger charge is 2.32. The van der Waals surface area contributed by atoms with Gasteiger partial charge in [0.25, 0.3) is 5.56 Å². The number of carbonyl (C=O) groups excluding carboxylic acids is 1. The van der Waals surface area contributed by atoms with Crippen molar-refractivity contribution in [2.45, 2.75) is 45.7 Å². The molecule has 8 heteroatoms. The third kappa shape index (κ3) is 3.24. The third-order valence-electron chi connectivity index (χ3n) is 5.89. The Hall–Kier alpha value is -2.58. The van der Waals surface area contributed by atoms with Crippen molar-refractivity contribution in [1.29, 1.82) is 0 Å². The lowest BCUT2D eigenvalue weighted by Crippen LogP contribution is -2.32. The zero-order valence-electron chi connectivity index (χ0n) is 16.9. The lowest BCUT2D eigenvalue weighted by molar-refractivity contribution is -0.132. The fraction of sp³-hybridized carbons (Fsp3) is 0.364. The molecule has 0 N–H and O–H groups in total. The van der Waals surface area contributed by atoms with Crippen LogP contribution in [0, 0.1) is 13.8 Å². The number of benzene rings is 1. The fourth-order valence-electron chi connectivity index (χ4n) is 4.14. The molecule has 1 unspecified atom stereocenters. The highest BCUT2D eigenvalue weighted by molar-refractivity contribution is 7.19. The van der Waals surface area contributed by atoms with E-state index in [9.17, 15) is 9.59 Å². The van der Waals surface area contributed by atoms with Crippen LogP contribution in [0.3, 0.4) is 0 Å². The average Bonchev–Trinajstić information content (AvgIpc) is 3.45. The Kier molecular flexibility index (Phi) is 4.91. The van der Waals surface area contributed by atoms with Gasteiger partial charge in [-0.05, 0) is 44.4 Å². The van der Waals surface area contributed by atoms with Gasteiger partial charge in [-0.25, -0.2) is 9.97 Å². The molecule has 0 radical (unpaired) electrons. The second-order valence-corrected chi connectivity index (χ2v) is 9.99. The maximum absolute atomic E-state index is 13.0. The molecule has 1 aromatic carbocycles. The minimum absolute atomic E-state index is 0.0361. The average molecular weight is 439 g/mol. The molecule has 1 amide bonds. The second kappa shape index (κ2) is 7.59. The number of nitrogens with zero attached hydrogens (tertiary/aromatic N) is 4. The van der Waals surface area contributed by atoms with Gasteiger partial charge >= 0.3 is 0 Å². The first kappa shape index (κ1) is 19.4. The summed E-state index contributed by atoms with van der Waals surface area (Å²) in [6, 6.07) is 8.12. The monoisotopic (exact) mass is 438 g/mol. The summed E-state index contributed by atoms with van der Waals surface area (Å²) in [7, 11) is 0. The predicted octanol–water partition coefficient (Wildman–Crippen LogP) is 4.44. The zero-order chi connectivity index (χ0) is 20.8. The lowest BCUT2D eigenvalue weighted by atomic mass is 10.2. The first-order valence-corrected chi connectivity index (χ1v) is 11.8. The molecule has 5 rings (SSSR count). The SMILES string of the molecule is Cc1sc2ncn(CCC(=O)N3CCCC3c3nc4ccccc4s3)c(=O)c2c1C. The van der Waals surface area contributed by atoms with Gasteiger partial charge in [0, 0.05) is 24.4 Å². The summed E-state index contributed by atoms with van der Waals surface area (Å²) in [6.07, 6.45) is 3.78. The van der Waals surface area contributed by atoms with E-state index in [1.165, 1.54) is 0 Å². The summed E-state index contributed by atoms with van der Waals surface area (Å²) in [6.45, 7) is 5.05. The molecule has 6 nitrogen and oxygen atoms in total. The van der Waals surface area contributed by atoms with Gasteiger partial charge in [0.15, 0.2) is 0 Å². The van der Waals surface area contributed by atoms with Crippen LogP contribution in [0.5, 0.6) is 0 Å². The lowest BCUT2D eigenvalue weighted by Gasteiger charge is -2.23. The summed E-state index contributed by atoms with van der Waals surface area (Å²) in [4.78, 5) is 38.9. The van der Waals surface area contributed by atoms with E-state index < -0.39 is 0 Å². The Balaban J connectivity index is 1.35. The van der Waals surface area contributed by atoms with E-state index in [-0.39, 0.29) is 23.9 Å². The number of rotatable bonds is 4. The molecule has 3 aromatic heterocycles. The number of carbonyl (C=O) groups is 1. The summed E-state index contributed by atoms with van der Waals surface area (Å²) in [5, 5.41) is 1.69. The van der Waals surface area contributed by atoms with Gasteiger partial charge in [-0.3, -0.25) is 14.2 Å². The van der Waals surface area contributed by atoms with Gasteiger partial charge in [-0.1, -0.05) is 12.1 Å². The van der Waals surface area contributed by atoms with Crippen molar-refractivity contribution >= 4 is 49.0 Å². The number of aryl methyl sites for hydroxylation is 3. The van der Waals surface area contributed by atoms with E-state index >= 15 is 0 Å². The van der Waals surface area contributed by atoms with Gasteiger partial charge in [0.1, 0.15) is 9.84 Å². The first-order chi connectivity index (χ1) is 14.5. The van der Waals surface area contributed by atoms with Gasteiger partial charge in [-0.2, -0.15) is 0 Å². The predicted molar refractivity (Wildman–Crippen MR) is 121 cm³/mol. The Morgan fingerprint density at radius 1 is 1.23 bits per heavy atom. The number of fused-ring (bicyclic) bond motifs is 2. The first-order valence-electron chi connectivity index (χ1n) is 10.1. The summed E-state index contributed by atoms with van der Waals surface area (Å²) >= 11 is 3.21. The van der Waals surface area contributed by atoms with E-state index in [1.807, 2.05) is 36.9 Å². The molecule has 0 aliphatic carbocycles. The van der Waals surface area contributed by atoms with Crippen molar-refractivity contribution < 1.29 is 4.79 Å². The molecular formula is C22H22N4O2S2. The van der Waals surface area contributed by atoms with Crippen LogP contribution in [-0.4, -0.2) is 31.9 Å². The second-order valence-electron chi connectivity index (χ2n) is 7.72. The van der Waals surface area contributed by atoms with Crippen molar-refractivity contribution in [2.75, 3.05) is 6.54 Å². The quantitative estimate of drug-likeness (QED) is 0.472. The van der Waals surface area contributed by atoms with Crippen LogP contribution >= 0.6 is 22.7 Å². The number of thiazole rings is 1. The van der Waals surface area contributed by atoms with Crippen LogP contribution in [0.15, 0.2) is 35.4 Å². The maximum Gasteiger partial charge on any atom is 0.262 e. The van der Waals surface area contributed by atoms with E-state index in [0.717, 1.165) is 49.9 Å². The van der Waals surface area contributed by atoms with Gasteiger partial charge in [0.2, 0.25) is 5.91 Å². The number of likely N-dealkylation sites (tertiary alicyclic amines) is 1. The Labute approximate surface area is 181 Å². The van der Waals surface area contributed by atoms with Crippen molar-refractivity contribution in [3.05, 3.63) is 56.4 Å². The number of hydrogen-bond acceptors (Lipinski definition) is 6. The van der Waals surface area contributed by atoms with Crippen molar-refractivity contribution in [1.82, 2.24) is 19.4 Å². The van der Waals surface area contributed by atoms with Crippen LogP contribution in [0.1, 0.15) is 40.8 Å². The van der Waals surface area contributed by atoms with Crippen LogP contribution < -0.4 is 5.56 Å². The van der Waals surface area contributed by atoms with Gasteiger partial charge in [-0.15, -0.1) is 22.7 Å². The number of hydrogen-bond donors (Lipinski definition) is 0. The highest BCUT2D eigenvalue weighted by Crippen LogP contribution is 2.36. The van der Waals surface area contributed by atoms with Crippen LogP contribution in [-0.2, 0) is 11.3 Å². The normalized spacial score (nSPS) is 16.7. The summed E-state index contributed by atoms with van der Waals surface area (Å²) in [5.41, 5.74) is 1.92. The Morgan fingerprint density at radius 2 is 2.07 bits per heavy atom. The van der Waals surface area contributed by atoms with Crippen LogP contribution in [0.4, 0.5) is 0 Å². The molecule has 1 saturated heterocycles. The molecule has 0 spiro atoms. The minimum atomic E-state index is -0.0567. The summed E-state index contributed by atoms with van der Waals surface area (Å²) in [5.74, 6) is 0.0713. The fourth-order valence-corrected chi connectivity index (χ4v) is 6.25.